The van der Waals surface area contributed by atoms with Crippen LogP contribution in [0.15, 0.2) is 42.5 Å². The normalized spacial score (nSPS) is 10.3. The standard InChI is InChI=1S/C14H20O4.C14H20O3/c15-12-8-6-9-13(16)11(12)7-4-2-1-3-5-10-14(17)18;1-2-3-4-5-6-10-14(16)17-13-9-7-8-12(15)11-13/h6,8-9,15-16H,1-5,7,10H2,(H,17,18);7-9,11,15H,2-6,10H2,1H3. The van der Waals surface area contributed by atoms with Gasteiger partial charge < -0.3 is 25.2 Å². The van der Waals surface area contributed by atoms with Crippen molar-refractivity contribution in [3.8, 4) is 23.0 Å². The molecule has 0 fully saturated rings. The van der Waals surface area contributed by atoms with Crippen molar-refractivity contribution in [2.75, 3.05) is 0 Å². The van der Waals surface area contributed by atoms with E-state index >= 15 is 0 Å². The van der Waals surface area contributed by atoms with Gasteiger partial charge in [-0.05, 0) is 49.9 Å². The highest BCUT2D eigenvalue weighted by Gasteiger charge is 2.06. The van der Waals surface area contributed by atoms with Crippen molar-refractivity contribution in [2.24, 2.45) is 0 Å². The molecular weight excluding hydrogens is 448 g/mol. The summed E-state index contributed by atoms with van der Waals surface area (Å²) >= 11 is 0. The van der Waals surface area contributed by atoms with Gasteiger partial charge in [0.2, 0.25) is 0 Å². The van der Waals surface area contributed by atoms with Crippen molar-refractivity contribution in [2.45, 2.75) is 90.4 Å². The molecule has 0 aliphatic carbocycles. The molecule has 0 unspecified atom stereocenters. The first-order valence-corrected chi connectivity index (χ1v) is 12.5. The van der Waals surface area contributed by atoms with E-state index in [4.69, 9.17) is 9.84 Å². The van der Waals surface area contributed by atoms with Crippen molar-refractivity contribution < 1.29 is 34.8 Å². The Bertz CT molecular complexity index is 859. The summed E-state index contributed by atoms with van der Waals surface area (Å²) in [5.74, 6) is -0.176. The molecule has 194 valence electrons. The van der Waals surface area contributed by atoms with Crippen LogP contribution in [-0.4, -0.2) is 32.4 Å². The Kier molecular flexibility index (Phi) is 15.5. The van der Waals surface area contributed by atoms with Gasteiger partial charge in [-0.2, -0.15) is 0 Å². The molecule has 0 radical (unpaired) electrons. The second kappa shape index (κ2) is 18.2. The highest BCUT2D eigenvalue weighted by Crippen LogP contribution is 2.28. The quantitative estimate of drug-likeness (QED) is 0.124. The van der Waals surface area contributed by atoms with Gasteiger partial charge in [-0.3, -0.25) is 9.59 Å². The number of carboxylic acids is 1. The number of unbranched alkanes of at least 4 members (excludes halogenated alkanes) is 8. The second-order valence-electron chi connectivity index (χ2n) is 8.57. The first kappa shape index (κ1) is 29.8. The molecule has 0 aliphatic rings. The molecule has 0 atom stereocenters. The molecule has 2 aromatic rings. The largest absolute Gasteiger partial charge is 0.508 e. The SMILES string of the molecule is CCCCCCCC(=O)Oc1cccc(O)c1.O=C(O)CCCCCCCc1c(O)cccc1O. The summed E-state index contributed by atoms with van der Waals surface area (Å²) in [4.78, 5) is 21.7. The molecule has 35 heavy (non-hydrogen) atoms. The number of hydrogen-bond acceptors (Lipinski definition) is 6. The van der Waals surface area contributed by atoms with Crippen LogP contribution in [0.5, 0.6) is 23.0 Å². The predicted molar refractivity (Wildman–Crippen MR) is 136 cm³/mol. The number of carbonyl (C=O) groups excluding carboxylic acids is 1. The molecule has 4 N–H and O–H groups in total. The van der Waals surface area contributed by atoms with Gasteiger partial charge in [0.25, 0.3) is 0 Å². The van der Waals surface area contributed by atoms with E-state index < -0.39 is 5.97 Å². The van der Waals surface area contributed by atoms with Crippen LogP contribution in [0, 0.1) is 0 Å². The molecule has 0 aliphatic heterocycles. The maximum Gasteiger partial charge on any atom is 0.311 e. The average Bonchev–Trinajstić information content (AvgIpc) is 2.80. The first-order valence-electron chi connectivity index (χ1n) is 12.5. The van der Waals surface area contributed by atoms with Gasteiger partial charge in [0.15, 0.2) is 0 Å². The van der Waals surface area contributed by atoms with Gasteiger partial charge in [0.1, 0.15) is 23.0 Å². The summed E-state index contributed by atoms with van der Waals surface area (Å²) < 4.78 is 5.10. The van der Waals surface area contributed by atoms with Gasteiger partial charge in [0.05, 0.1) is 0 Å². The number of carbonyl (C=O) groups is 2. The molecule has 2 rings (SSSR count). The van der Waals surface area contributed by atoms with Crippen LogP contribution in [0.25, 0.3) is 0 Å². The van der Waals surface area contributed by atoms with Crippen LogP contribution >= 0.6 is 0 Å². The van der Waals surface area contributed by atoms with Crippen LogP contribution in [-0.2, 0) is 16.0 Å². The number of phenols is 3. The number of benzene rings is 2. The molecule has 0 heterocycles. The molecule has 7 heteroatoms. The number of carboxylic acid groups (broad SMARTS) is 1. The van der Waals surface area contributed by atoms with Gasteiger partial charge in [-0.15, -0.1) is 0 Å². The van der Waals surface area contributed by atoms with Crippen LogP contribution < -0.4 is 4.74 Å². The lowest BCUT2D eigenvalue weighted by Gasteiger charge is -2.06. The van der Waals surface area contributed by atoms with E-state index in [2.05, 4.69) is 6.92 Å². The minimum atomic E-state index is -0.742. The van der Waals surface area contributed by atoms with E-state index in [1.165, 1.54) is 25.3 Å². The van der Waals surface area contributed by atoms with E-state index in [1.54, 1.807) is 36.4 Å². The number of rotatable bonds is 15. The zero-order valence-corrected chi connectivity index (χ0v) is 20.7. The Hall–Kier alpha value is -3.22. The summed E-state index contributed by atoms with van der Waals surface area (Å²) in [6, 6.07) is 11.1. The predicted octanol–water partition coefficient (Wildman–Crippen LogP) is 6.72. The average molecular weight is 489 g/mol. The minimum absolute atomic E-state index is 0.109. The zero-order valence-electron chi connectivity index (χ0n) is 20.7. The lowest BCUT2D eigenvalue weighted by atomic mass is 10.0. The van der Waals surface area contributed by atoms with Gasteiger partial charge in [-0.1, -0.05) is 64.0 Å². The van der Waals surface area contributed by atoms with Crippen molar-refractivity contribution in [3.05, 3.63) is 48.0 Å². The fraction of sp³-hybridized carbons (Fsp3) is 0.500. The molecule has 0 saturated carbocycles. The van der Waals surface area contributed by atoms with Gasteiger partial charge in [-0.25, -0.2) is 0 Å². The number of esters is 1. The summed E-state index contributed by atoms with van der Waals surface area (Å²) in [6.07, 6.45) is 11.4. The number of hydrogen-bond donors (Lipinski definition) is 4. The van der Waals surface area contributed by atoms with Crippen LogP contribution in [0.3, 0.4) is 0 Å². The van der Waals surface area contributed by atoms with Crippen molar-refractivity contribution >= 4 is 11.9 Å². The number of phenolic OH excluding ortho intramolecular Hbond substituents is 3. The number of aromatic hydroxyl groups is 3. The fourth-order valence-corrected chi connectivity index (χ4v) is 3.53. The van der Waals surface area contributed by atoms with Crippen molar-refractivity contribution in [1.82, 2.24) is 0 Å². The summed E-state index contributed by atoms with van der Waals surface area (Å²) in [6.45, 7) is 2.16. The molecule has 7 nitrogen and oxygen atoms in total. The van der Waals surface area contributed by atoms with Crippen molar-refractivity contribution in [3.63, 3.8) is 0 Å². The van der Waals surface area contributed by atoms with E-state index in [9.17, 15) is 24.9 Å². The number of aliphatic carboxylic acids is 1. The molecule has 0 bridgehead atoms. The Morgan fingerprint density at radius 1 is 0.743 bits per heavy atom. The van der Waals surface area contributed by atoms with Crippen molar-refractivity contribution in [1.29, 1.82) is 0 Å². The van der Waals surface area contributed by atoms with Crippen LogP contribution in [0.4, 0.5) is 0 Å². The molecular formula is C28H40O7. The summed E-state index contributed by atoms with van der Waals surface area (Å²) in [5.41, 5.74) is 0.600. The Morgan fingerprint density at radius 3 is 1.94 bits per heavy atom. The second-order valence-corrected chi connectivity index (χ2v) is 8.57. The van der Waals surface area contributed by atoms with E-state index in [0.29, 0.717) is 24.2 Å². The maximum absolute atomic E-state index is 11.5. The van der Waals surface area contributed by atoms with Gasteiger partial charge in [0, 0.05) is 24.5 Å². The van der Waals surface area contributed by atoms with Gasteiger partial charge >= 0.3 is 11.9 Å². The number of ether oxygens (including phenoxy) is 1. The van der Waals surface area contributed by atoms with Crippen LogP contribution in [0.1, 0.15) is 89.5 Å². The van der Waals surface area contributed by atoms with E-state index in [0.717, 1.165) is 44.9 Å². The maximum atomic E-state index is 11.5. The highest BCUT2D eigenvalue weighted by atomic mass is 16.5. The smallest absolute Gasteiger partial charge is 0.311 e. The summed E-state index contributed by atoms with van der Waals surface area (Å²) in [5, 5.41) is 36.8. The van der Waals surface area contributed by atoms with Crippen LogP contribution in [0.2, 0.25) is 0 Å². The topological polar surface area (TPSA) is 124 Å². The Labute approximate surface area is 208 Å². The molecule has 0 spiro atoms. The molecule has 0 saturated heterocycles. The monoisotopic (exact) mass is 488 g/mol. The first-order chi connectivity index (χ1) is 16.8. The zero-order chi connectivity index (χ0) is 25.9. The van der Waals surface area contributed by atoms with E-state index in [1.807, 2.05) is 0 Å². The Morgan fingerprint density at radius 2 is 1.31 bits per heavy atom. The minimum Gasteiger partial charge on any atom is -0.508 e. The molecule has 0 aromatic heterocycles. The third-order valence-corrected chi connectivity index (χ3v) is 5.48. The Balaban J connectivity index is 0.000000351. The third kappa shape index (κ3) is 14.6. The fourth-order valence-electron chi connectivity index (χ4n) is 3.53. The lowest BCUT2D eigenvalue weighted by molar-refractivity contribution is -0.137. The highest BCUT2D eigenvalue weighted by molar-refractivity contribution is 5.72. The molecule has 0 amide bonds. The molecule has 2 aromatic carbocycles. The lowest BCUT2D eigenvalue weighted by Crippen LogP contribution is -2.07. The summed E-state index contributed by atoms with van der Waals surface area (Å²) in [7, 11) is 0. The van der Waals surface area contributed by atoms with E-state index in [-0.39, 0.29) is 29.6 Å². The third-order valence-electron chi connectivity index (χ3n) is 5.48.